The van der Waals surface area contributed by atoms with Gasteiger partial charge in [0.1, 0.15) is 29.1 Å². The van der Waals surface area contributed by atoms with Gasteiger partial charge in [-0.3, -0.25) is 29.1 Å². The largest absolute Gasteiger partial charge is 0.481 e. The maximum Gasteiger partial charge on any atom is 0.311 e. The number of H-pyrrole nitrogens is 1. The number of anilines is 10. The van der Waals surface area contributed by atoms with Gasteiger partial charge in [-0.25, -0.2) is 9.36 Å². The van der Waals surface area contributed by atoms with Crippen LogP contribution in [0.3, 0.4) is 0 Å². The molecule has 20 rings (SSSR count). The summed E-state index contributed by atoms with van der Waals surface area (Å²) in [6, 6.07) is 39.2. The van der Waals surface area contributed by atoms with Gasteiger partial charge in [-0.15, -0.1) is 10.2 Å². The lowest BCUT2D eigenvalue weighted by Crippen LogP contribution is -2.30. The van der Waals surface area contributed by atoms with Crippen LogP contribution in [0.5, 0.6) is 0 Å². The van der Waals surface area contributed by atoms with Gasteiger partial charge in [0.15, 0.2) is 0 Å². The maximum absolute atomic E-state index is 13.1. The number of carbonyl (C=O) groups excluding carboxylic acids is 4. The second-order valence-electron chi connectivity index (χ2n) is 31.4. The molecule has 5 aliphatic carbocycles. The Morgan fingerprint density at radius 2 is 0.615 bits per heavy atom. The van der Waals surface area contributed by atoms with E-state index in [1.54, 1.807) is 0 Å². The van der Waals surface area contributed by atoms with Gasteiger partial charge in [0.05, 0.1) is 82.9 Å². The molecule has 31 nitrogen and oxygen atoms in total. The summed E-state index contributed by atoms with van der Waals surface area (Å²) in [6.45, 7) is 3.80. The van der Waals surface area contributed by atoms with Gasteiger partial charge >= 0.3 is 5.97 Å². The van der Waals surface area contributed by atoms with E-state index in [4.69, 9.17) is 33.8 Å². The van der Waals surface area contributed by atoms with Gasteiger partial charge < -0.3 is 85.9 Å². The van der Waals surface area contributed by atoms with Crippen molar-refractivity contribution in [1.82, 2.24) is 49.3 Å². The summed E-state index contributed by atoms with van der Waals surface area (Å²) >= 11 is 0. The molecule has 3 unspecified atom stereocenters. The monoisotopic (exact) mass is 1590 g/mol. The van der Waals surface area contributed by atoms with Gasteiger partial charge in [0.25, 0.3) is 23.6 Å². The molecule has 5 aromatic heterocycles. The van der Waals surface area contributed by atoms with E-state index in [1.807, 2.05) is 121 Å². The third kappa shape index (κ3) is 17.2. The highest BCUT2D eigenvalue weighted by Gasteiger charge is 2.38. The number of aliphatic carboxylic acids is 1. The number of nitrogen functional groups attached to an aromatic ring is 5. The molecule has 0 saturated heterocycles. The number of aryl methyl sites for hydroxylation is 3. The average Bonchev–Trinajstić information content (AvgIpc) is 1.65. The first-order valence-corrected chi connectivity index (χ1v) is 40.4. The van der Waals surface area contributed by atoms with Gasteiger partial charge in [-0.1, -0.05) is 98.4 Å². The van der Waals surface area contributed by atoms with Crippen molar-refractivity contribution in [2.24, 2.45) is 0 Å². The van der Waals surface area contributed by atoms with Crippen LogP contribution in [0.1, 0.15) is 205 Å². The Kier molecular flexibility index (Phi) is 24.9. The molecular weight excluding hydrogens is 1490 g/mol. The van der Waals surface area contributed by atoms with Gasteiger partial charge in [-0.2, -0.15) is 24.7 Å². The third-order valence-electron chi connectivity index (χ3n) is 24.0. The molecule has 22 N–H and O–H groups in total. The Morgan fingerprint density at radius 3 is 0.957 bits per heavy atom. The van der Waals surface area contributed by atoms with Crippen molar-refractivity contribution in [2.75, 3.05) is 88.0 Å². The first-order chi connectivity index (χ1) is 56.2. The summed E-state index contributed by atoms with van der Waals surface area (Å²) in [5.41, 5.74) is 48.7. The molecule has 616 valence electrons. The second kappa shape index (κ2) is 35.7. The van der Waals surface area contributed by atoms with Crippen molar-refractivity contribution >= 4 is 87.1 Å². The topological polar surface area (TPSA) is 497 Å². The Bertz CT molecular complexity index is 5030. The van der Waals surface area contributed by atoms with E-state index in [1.165, 1.54) is 18.7 Å². The maximum atomic E-state index is 13.1. The molecule has 0 bridgehead atoms. The van der Waals surface area contributed by atoms with Gasteiger partial charge in [0, 0.05) is 127 Å². The van der Waals surface area contributed by atoms with Crippen molar-refractivity contribution in [3.05, 3.63) is 205 Å². The number of rotatable bonds is 5. The minimum atomic E-state index is -0.728. The highest BCUT2D eigenvalue weighted by Crippen LogP contribution is 2.41. The van der Waals surface area contributed by atoms with Crippen LogP contribution in [-0.2, 0) is 69.0 Å². The molecule has 10 aromatic rings. The highest BCUT2D eigenvalue weighted by molar-refractivity contribution is 5.93. The van der Waals surface area contributed by atoms with E-state index in [2.05, 4.69) is 57.2 Å². The number of aliphatic hydroxyl groups is 5. The zero-order chi connectivity index (χ0) is 81.0. The smallest absolute Gasteiger partial charge is 0.311 e. The summed E-state index contributed by atoms with van der Waals surface area (Å²) in [4.78, 5) is 63.1. The average molecular weight is 1600 g/mol. The number of aromatic amines is 1. The zero-order valence-electron chi connectivity index (χ0n) is 64.6. The number of para-hydroxylation sites is 5. The van der Waals surface area contributed by atoms with E-state index in [0.29, 0.717) is 119 Å². The van der Waals surface area contributed by atoms with Gasteiger partial charge in [0.2, 0.25) is 0 Å². The summed E-state index contributed by atoms with van der Waals surface area (Å²) in [7, 11) is 0. The molecule has 5 aliphatic heterocycles. The molecule has 31 heteroatoms. The molecule has 0 radical (unpaired) electrons. The number of hydrogen-bond acceptors (Lipinski definition) is 25. The number of aromatic nitrogens is 10. The predicted molar refractivity (Wildman–Crippen MR) is 448 cm³/mol. The predicted octanol–water partition coefficient (Wildman–Crippen LogP) is 8.37. The molecule has 10 heterocycles. The molecule has 0 amide bonds. The Hall–Kier alpha value is -11.9. The standard InChI is InChI=1S/4C17H20N4O2.C10H11NO2.C7H11N3O.CH4/c2*18-16-13-9-10(22)5-6-15(13)21(20-16)17(23)12-7-8-19-14-4-2-1-3-11(12)14;2*18-16-13-9-10(22)5-6-15(13)20-21(16)17(23)12-7-8-19-14-4-2-1-3-11(12)14;12-10(13)8-5-6-11-9-4-2-1-3-7(8)9;8-7-5-3-4(11)1-2-6(5)9-10-7;/h2*1-4,10,12,19,22H,5-9H2,(H2,18,20);2*1-4,10,12,19,22H,5-9,18H2;1-4,8,11H,5-6H2,(H,12,13);4,11H,1-3H2,(H3,8,9,10);1H4/t10-,12?;10-,12+;10-,12?;10-,12+;;4-;/m1111.1./s1. The SMILES string of the molecule is C.Nc1c2c(nn1C(=O)C1CCNc3ccccc31)CC[C@@H](O)C2.Nc1c2c(nn1C(=O)[C@H]1CCNc3ccccc31)CC[C@@H](O)C2.Nc1n[nH]c2c1C[C@H](O)CC2.Nc1nn(C(=O)C2CCNc3ccccc32)c2c1C[C@H](O)CC2.Nc1nn(C(=O)[C@H]2CCNc3ccccc32)c2c1C[C@H](O)CC2.O=C(O)C1CCNc2ccccc21. The van der Waals surface area contributed by atoms with Crippen LogP contribution in [-0.4, -0.2) is 173 Å². The number of hydrogen-bond donors (Lipinski definition) is 17. The molecule has 0 fully saturated rings. The molecular formula is C86H106N20O11. The lowest BCUT2D eigenvalue weighted by molar-refractivity contribution is -0.139. The first-order valence-electron chi connectivity index (χ1n) is 40.4. The van der Waals surface area contributed by atoms with Crippen LogP contribution in [0.25, 0.3) is 0 Å². The molecule has 10 aliphatic rings. The van der Waals surface area contributed by atoms with Crippen LogP contribution in [0.15, 0.2) is 121 Å². The number of nitrogens with two attached hydrogens (primary N) is 5. The number of carboxylic acid groups (broad SMARTS) is 1. The fourth-order valence-corrected chi connectivity index (χ4v) is 17.8. The summed E-state index contributed by atoms with van der Waals surface area (Å²) in [6.07, 6.45) is 11.3. The molecule has 117 heavy (non-hydrogen) atoms. The van der Waals surface area contributed by atoms with Crippen molar-refractivity contribution < 1.29 is 54.6 Å². The van der Waals surface area contributed by atoms with E-state index in [9.17, 15) is 49.5 Å². The first kappa shape index (κ1) is 81.7. The normalized spacial score (nSPS) is 22.4. The third-order valence-corrected chi connectivity index (χ3v) is 24.0. The molecule has 10 atom stereocenters. The van der Waals surface area contributed by atoms with Crippen LogP contribution in [0.4, 0.5) is 57.5 Å². The van der Waals surface area contributed by atoms with E-state index in [-0.39, 0.29) is 66.7 Å². The number of benzene rings is 5. The second-order valence-corrected chi connectivity index (χ2v) is 31.4. The summed E-state index contributed by atoms with van der Waals surface area (Å²) in [5, 5.41) is 98.2. The number of aliphatic hydroxyl groups excluding tert-OH is 5. The zero-order valence-corrected chi connectivity index (χ0v) is 64.6. The number of carbonyl (C=O) groups is 5. The van der Waals surface area contributed by atoms with Crippen molar-refractivity contribution in [1.29, 1.82) is 0 Å². The minimum absolute atomic E-state index is 0. The fraction of sp³-hybridized carbons (Fsp3) is 0.419. The number of nitrogens with zero attached hydrogens (tertiary/aromatic N) is 9. The Balaban J connectivity index is 0.000000117. The van der Waals surface area contributed by atoms with E-state index < -0.39 is 30.4 Å². The Labute approximate surface area is 677 Å². The van der Waals surface area contributed by atoms with Gasteiger partial charge in [-0.05, 0) is 154 Å². The van der Waals surface area contributed by atoms with Crippen LogP contribution < -0.4 is 55.3 Å². The lowest BCUT2D eigenvalue weighted by atomic mass is 9.89. The van der Waals surface area contributed by atoms with Crippen molar-refractivity contribution in [2.45, 2.75) is 196 Å². The number of fused-ring (bicyclic) bond motifs is 10. The molecule has 0 saturated carbocycles. The van der Waals surface area contributed by atoms with Crippen molar-refractivity contribution in [3.63, 3.8) is 0 Å². The number of nitrogens with one attached hydrogen (secondary N) is 6. The Morgan fingerprint density at radius 1 is 0.333 bits per heavy atom. The fourth-order valence-electron chi connectivity index (χ4n) is 17.8. The van der Waals surface area contributed by atoms with Crippen LogP contribution >= 0.6 is 0 Å². The van der Waals surface area contributed by atoms with Crippen LogP contribution in [0.2, 0.25) is 0 Å². The summed E-state index contributed by atoms with van der Waals surface area (Å²) in [5.74, 6) is -0.104. The van der Waals surface area contributed by atoms with Crippen LogP contribution in [0, 0.1) is 0 Å². The van der Waals surface area contributed by atoms with E-state index >= 15 is 0 Å². The lowest BCUT2D eigenvalue weighted by Gasteiger charge is -2.26. The molecule has 5 aromatic carbocycles. The number of carboxylic acids is 1. The highest BCUT2D eigenvalue weighted by atomic mass is 16.4. The van der Waals surface area contributed by atoms with Crippen molar-refractivity contribution in [3.8, 4) is 0 Å². The summed E-state index contributed by atoms with van der Waals surface area (Å²) < 4.78 is 5.69. The minimum Gasteiger partial charge on any atom is -0.481 e. The molecule has 0 spiro atoms. The quantitative estimate of drug-likeness (QED) is 0.0769. The van der Waals surface area contributed by atoms with E-state index in [0.717, 1.165) is 184 Å².